The molecule has 0 amide bonds. The molecule has 0 saturated heterocycles. The van der Waals surface area contributed by atoms with Crippen molar-refractivity contribution in [2.75, 3.05) is 0 Å². The summed E-state index contributed by atoms with van der Waals surface area (Å²) in [6.07, 6.45) is 0. The molecule has 0 rings (SSSR count). The monoisotopic (exact) mass is 288 g/mol. The van der Waals surface area contributed by atoms with E-state index >= 15 is 0 Å². The molecular weight excluding hydrogens is 283 g/mol. The van der Waals surface area contributed by atoms with Gasteiger partial charge in [0.1, 0.15) is 0 Å². The van der Waals surface area contributed by atoms with Gasteiger partial charge < -0.3 is 0 Å². The SMILES string of the molecule is P.[B].[Cu].[Ni].[SnH2]. The van der Waals surface area contributed by atoms with Crippen molar-refractivity contribution in [1.29, 1.82) is 0 Å². The molecule has 0 aliphatic rings. The molecule has 1 atom stereocenters. The fraction of sp³-hybridized carbons (Fsp3) is 0. The summed E-state index contributed by atoms with van der Waals surface area (Å²) in [6, 6.07) is 0. The standard InChI is InChI=1S/B.Cu.Ni.H3P.Sn.2H/h;;;1H3;;;. The predicted molar refractivity (Wildman–Crippen MR) is 25.4 cm³/mol. The van der Waals surface area contributed by atoms with Crippen molar-refractivity contribution in [1.82, 2.24) is 0 Å². The van der Waals surface area contributed by atoms with E-state index < -0.39 is 0 Å². The van der Waals surface area contributed by atoms with Gasteiger partial charge in [-0.25, -0.2) is 0 Å². The zero-order valence-corrected chi connectivity index (χ0v) is 9.99. The van der Waals surface area contributed by atoms with Crippen molar-refractivity contribution in [3.8, 4) is 0 Å². The van der Waals surface area contributed by atoms with Crippen molar-refractivity contribution in [3.05, 3.63) is 0 Å². The molecule has 6 radical (unpaired) electrons. The molecule has 38 valence electrons. The Balaban J connectivity index is 0. The third-order valence-corrected chi connectivity index (χ3v) is 0. The van der Waals surface area contributed by atoms with Crippen LogP contribution < -0.4 is 0 Å². The Morgan fingerprint density at radius 1 is 1.00 bits per heavy atom. The van der Waals surface area contributed by atoms with Gasteiger partial charge in [-0.05, 0) is 0 Å². The fourth-order valence-corrected chi connectivity index (χ4v) is 0. The van der Waals surface area contributed by atoms with Crippen LogP contribution in [0.1, 0.15) is 0 Å². The Morgan fingerprint density at radius 2 is 1.00 bits per heavy atom. The van der Waals surface area contributed by atoms with Crippen LogP contribution in [0.3, 0.4) is 0 Å². The summed E-state index contributed by atoms with van der Waals surface area (Å²) >= 11 is 0. The minimum atomic E-state index is 0. The Kier molecular flexibility index (Phi) is 365. The maximum absolute atomic E-state index is 0. The van der Waals surface area contributed by atoms with Gasteiger partial charge >= 0.3 is 23.9 Å². The average Bonchev–Trinajstić information content (AvgIpc) is 0. The van der Waals surface area contributed by atoms with Gasteiger partial charge in [0, 0.05) is 42.0 Å². The first-order valence-electron chi connectivity index (χ1n) is 0. The van der Waals surface area contributed by atoms with E-state index in [-0.39, 0.29) is 75.8 Å². The molecule has 0 saturated carbocycles. The van der Waals surface area contributed by atoms with Gasteiger partial charge in [-0.2, -0.15) is 9.90 Å². The molecule has 0 aromatic rings. The molecule has 0 aliphatic carbocycles. The molecule has 0 bridgehead atoms. The van der Waals surface area contributed by atoms with Gasteiger partial charge in [0.2, 0.25) is 0 Å². The van der Waals surface area contributed by atoms with Crippen LogP contribution in [0.2, 0.25) is 0 Å². The van der Waals surface area contributed by atoms with Crippen molar-refractivity contribution in [3.63, 3.8) is 0 Å². The van der Waals surface area contributed by atoms with E-state index in [2.05, 4.69) is 0 Å². The molecule has 5 heavy (non-hydrogen) atoms. The minimum absolute atomic E-state index is 0. The predicted octanol–water partition coefficient (Wildman–Crippen LogP) is -1.24. The quantitative estimate of drug-likeness (QED) is 0.386. The molecule has 0 heterocycles. The van der Waals surface area contributed by atoms with Crippen LogP contribution in [0.15, 0.2) is 0 Å². The first-order valence-corrected chi connectivity index (χ1v) is 0. The third-order valence-electron chi connectivity index (χ3n) is 0. The van der Waals surface area contributed by atoms with Crippen LogP contribution in [0, 0.1) is 0 Å². The van der Waals surface area contributed by atoms with E-state index in [1.165, 1.54) is 0 Å². The summed E-state index contributed by atoms with van der Waals surface area (Å²) in [4.78, 5) is 0. The summed E-state index contributed by atoms with van der Waals surface area (Å²) < 4.78 is 0. The third kappa shape index (κ3) is 22.0. The topological polar surface area (TPSA) is 0 Å². The van der Waals surface area contributed by atoms with Crippen LogP contribution in [-0.2, 0) is 33.6 Å². The van der Waals surface area contributed by atoms with Crippen LogP contribution in [0.25, 0.3) is 0 Å². The van der Waals surface area contributed by atoms with Crippen molar-refractivity contribution >= 4 is 42.2 Å². The van der Waals surface area contributed by atoms with Gasteiger partial charge in [-0.3, -0.25) is 0 Å². The summed E-state index contributed by atoms with van der Waals surface area (Å²) in [6.45, 7) is 0. The van der Waals surface area contributed by atoms with E-state index in [1.807, 2.05) is 0 Å². The first kappa shape index (κ1) is 54.6. The zero-order chi connectivity index (χ0) is 0. The molecule has 0 aromatic carbocycles. The fourth-order valence-electron chi connectivity index (χ4n) is 0. The Hall–Kier alpha value is 2.31. The van der Waals surface area contributed by atoms with Gasteiger partial charge in [-0.15, -0.1) is 0 Å². The molecule has 0 N–H and O–H groups in total. The Labute approximate surface area is 75.2 Å². The zero-order valence-electron chi connectivity index (χ0n) is 2.61. The number of hydrogen-bond donors (Lipinski definition) is 0. The van der Waals surface area contributed by atoms with Crippen molar-refractivity contribution in [2.45, 2.75) is 0 Å². The van der Waals surface area contributed by atoms with Gasteiger partial charge in [0.25, 0.3) is 0 Å². The summed E-state index contributed by atoms with van der Waals surface area (Å²) in [5.41, 5.74) is 0. The average molecular weight is 288 g/mol. The second kappa shape index (κ2) is 33.4. The molecule has 0 aromatic heterocycles. The van der Waals surface area contributed by atoms with Crippen molar-refractivity contribution in [2.24, 2.45) is 0 Å². The number of hydrogen-bond acceptors (Lipinski definition) is 0. The van der Waals surface area contributed by atoms with Crippen LogP contribution in [0.5, 0.6) is 0 Å². The summed E-state index contributed by atoms with van der Waals surface area (Å²) in [5, 5.41) is 0. The van der Waals surface area contributed by atoms with Gasteiger partial charge in [0.05, 0.1) is 0 Å². The maximum atomic E-state index is 0. The van der Waals surface area contributed by atoms with Crippen LogP contribution >= 0.6 is 9.90 Å². The molecule has 0 nitrogen and oxygen atoms in total. The molecule has 0 fully saturated rings. The van der Waals surface area contributed by atoms with E-state index in [4.69, 9.17) is 0 Å². The van der Waals surface area contributed by atoms with E-state index in [0.717, 1.165) is 0 Å². The molecule has 0 spiro atoms. The van der Waals surface area contributed by atoms with Crippen LogP contribution in [-0.4, -0.2) is 32.3 Å². The van der Waals surface area contributed by atoms with E-state index in [9.17, 15) is 0 Å². The Bertz CT molecular complexity index is 11.6. The van der Waals surface area contributed by atoms with E-state index in [1.54, 1.807) is 0 Å². The van der Waals surface area contributed by atoms with Gasteiger partial charge in [0.15, 0.2) is 0 Å². The van der Waals surface area contributed by atoms with E-state index in [0.29, 0.717) is 0 Å². The first-order chi connectivity index (χ1) is 0. The Morgan fingerprint density at radius 3 is 1.00 bits per heavy atom. The molecule has 5 heteroatoms. The normalized spacial score (nSPS) is 0. The van der Waals surface area contributed by atoms with Crippen molar-refractivity contribution < 1.29 is 33.6 Å². The molecular formula is H5BCuNiPSn. The van der Waals surface area contributed by atoms with Crippen LogP contribution in [0.4, 0.5) is 0 Å². The number of rotatable bonds is 0. The molecule has 1 unspecified atom stereocenters. The summed E-state index contributed by atoms with van der Waals surface area (Å²) in [5.74, 6) is 0. The summed E-state index contributed by atoms with van der Waals surface area (Å²) in [7, 11) is 0. The van der Waals surface area contributed by atoms with Gasteiger partial charge in [-0.1, -0.05) is 0 Å². The second-order valence-corrected chi connectivity index (χ2v) is 0. The molecule has 0 aliphatic heterocycles. The second-order valence-electron chi connectivity index (χ2n) is 0.